The quantitative estimate of drug-likeness (QED) is 0.297. The molecule has 238 valence electrons. The summed E-state index contributed by atoms with van der Waals surface area (Å²) in [5.74, 6) is 2.06. The van der Waals surface area contributed by atoms with Crippen LogP contribution in [0.25, 0.3) is 11.3 Å². The van der Waals surface area contributed by atoms with Crippen molar-refractivity contribution in [1.82, 2.24) is 24.5 Å². The number of fused-ring (bicyclic) bond motifs is 1. The minimum absolute atomic E-state index is 0.0818. The molecule has 0 saturated carbocycles. The lowest BCUT2D eigenvalue weighted by molar-refractivity contribution is -0.127. The number of aromatic nitrogens is 2. The third-order valence-electron chi connectivity index (χ3n) is 9.24. The van der Waals surface area contributed by atoms with Gasteiger partial charge in [0.1, 0.15) is 28.6 Å². The van der Waals surface area contributed by atoms with Crippen molar-refractivity contribution < 1.29 is 14.3 Å². The fourth-order valence-corrected chi connectivity index (χ4v) is 6.77. The third-order valence-corrected chi connectivity index (χ3v) is 9.24. The topological polar surface area (TPSA) is 135 Å². The molecule has 11 heteroatoms. The molecule has 2 amide bonds. The van der Waals surface area contributed by atoms with Crippen LogP contribution < -0.4 is 21.5 Å². The first kappa shape index (κ1) is 30.8. The second kappa shape index (κ2) is 14.3. The van der Waals surface area contributed by atoms with Crippen molar-refractivity contribution >= 4 is 17.6 Å². The van der Waals surface area contributed by atoms with Crippen LogP contribution in [0.3, 0.4) is 0 Å². The van der Waals surface area contributed by atoms with Crippen LogP contribution in [0.4, 0.5) is 5.82 Å². The predicted molar refractivity (Wildman–Crippen MR) is 175 cm³/mol. The van der Waals surface area contributed by atoms with Crippen LogP contribution in [0.15, 0.2) is 66.7 Å². The van der Waals surface area contributed by atoms with Crippen molar-refractivity contribution in [3.05, 3.63) is 72.3 Å². The summed E-state index contributed by atoms with van der Waals surface area (Å²) < 4.78 is 7.92. The lowest BCUT2D eigenvalue weighted by Crippen LogP contribution is -2.47. The number of hydrogen-bond donors (Lipinski definition) is 3. The summed E-state index contributed by atoms with van der Waals surface area (Å²) in [7, 11) is 0. The maximum atomic E-state index is 13.0. The first-order valence-corrected chi connectivity index (χ1v) is 16.1. The van der Waals surface area contributed by atoms with Crippen molar-refractivity contribution in [1.29, 1.82) is 0 Å². The van der Waals surface area contributed by atoms with Gasteiger partial charge in [-0.2, -0.15) is 5.10 Å². The fraction of sp³-hybridized carbons (Fsp3) is 0.441. The number of benzene rings is 2. The van der Waals surface area contributed by atoms with Gasteiger partial charge >= 0.3 is 0 Å². The second-order valence-corrected chi connectivity index (χ2v) is 12.1. The van der Waals surface area contributed by atoms with Gasteiger partial charge in [0.2, 0.25) is 5.91 Å². The Morgan fingerprint density at radius 3 is 2.29 bits per heavy atom. The molecule has 1 aromatic heterocycles. The van der Waals surface area contributed by atoms with E-state index in [0.29, 0.717) is 48.4 Å². The molecule has 3 aromatic rings. The van der Waals surface area contributed by atoms with Crippen LogP contribution >= 0.6 is 0 Å². The van der Waals surface area contributed by atoms with E-state index in [0.717, 1.165) is 76.4 Å². The van der Waals surface area contributed by atoms with Gasteiger partial charge in [0.15, 0.2) is 0 Å². The average Bonchev–Trinajstić information content (AvgIpc) is 3.47. The molecule has 0 radical (unpaired) electrons. The van der Waals surface area contributed by atoms with Gasteiger partial charge in [-0.15, -0.1) is 0 Å². The van der Waals surface area contributed by atoms with E-state index in [4.69, 9.17) is 21.3 Å². The van der Waals surface area contributed by atoms with E-state index in [1.807, 2.05) is 70.3 Å². The fourth-order valence-electron chi connectivity index (χ4n) is 6.77. The highest BCUT2D eigenvalue weighted by Gasteiger charge is 2.35. The number of carbonyl (C=O) groups is 2. The maximum absolute atomic E-state index is 13.0. The summed E-state index contributed by atoms with van der Waals surface area (Å²) >= 11 is 0. The number of carbonyl (C=O) groups excluding carboxylic acids is 2. The molecule has 3 aliphatic heterocycles. The first-order valence-electron chi connectivity index (χ1n) is 16.1. The van der Waals surface area contributed by atoms with Gasteiger partial charge in [-0.05, 0) is 61.6 Å². The number of ether oxygens (including phenoxy) is 1. The number of piperazine rings is 1. The van der Waals surface area contributed by atoms with E-state index in [2.05, 4.69) is 15.1 Å². The zero-order valence-corrected chi connectivity index (χ0v) is 25.8. The number of para-hydroxylation sites is 1. The zero-order chi connectivity index (χ0) is 31.2. The van der Waals surface area contributed by atoms with E-state index in [-0.39, 0.29) is 11.9 Å². The number of anilines is 1. The van der Waals surface area contributed by atoms with Crippen LogP contribution in [0.5, 0.6) is 11.5 Å². The van der Waals surface area contributed by atoms with Gasteiger partial charge in [0.05, 0.1) is 6.04 Å². The van der Waals surface area contributed by atoms with Crippen molar-refractivity contribution in [2.75, 3.05) is 70.8 Å². The third kappa shape index (κ3) is 7.22. The molecule has 2 aromatic carbocycles. The Hall–Kier alpha value is -4.19. The van der Waals surface area contributed by atoms with E-state index in [1.54, 1.807) is 6.08 Å². The second-order valence-electron chi connectivity index (χ2n) is 12.1. The Kier molecular flexibility index (Phi) is 9.78. The van der Waals surface area contributed by atoms with E-state index >= 15 is 0 Å². The Bertz CT molecular complexity index is 1470. The van der Waals surface area contributed by atoms with Crippen molar-refractivity contribution in [2.45, 2.75) is 25.3 Å². The average molecular weight is 613 g/mol. The monoisotopic (exact) mass is 612 g/mol. The maximum Gasteiger partial charge on any atom is 0.254 e. The number of piperidine rings is 1. The molecule has 0 bridgehead atoms. The number of primary amides is 1. The molecule has 2 saturated heterocycles. The van der Waals surface area contributed by atoms with Crippen molar-refractivity contribution in [3.8, 4) is 22.8 Å². The molecule has 0 aliphatic carbocycles. The van der Waals surface area contributed by atoms with E-state index in [1.165, 1.54) is 0 Å². The van der Waals surface area contributed by atoms with E-state index in [9.17, 15) is 9.59 Å². The Morgan fingerprint density at radius 2 is 1.60 bits per heavy atom. The molecule has 2 fully saturated rings. The molecular formula is C34H44N8O3. The Balaban J connectivity index is 1.08. The van der Waals surface area contributed by atoms with Gasteiger partial charge in [0, 0.05) is 77.1 Å². The first-order chi connectivity index (χ1) is 22.0. The summed E-state index contributed by atoms with van der Waals surface area (Å²) in [5.41, 5.74) is 13.4. The molecular weight excluding hydrogens is 568 g/mol. The van der Waals surface area contributed by atoms with Crippen LogP contribution in [-0.2, 0) is 4.79 Å². The molecule has 0 spiro atoms. The lowest BCUT2D eigenvalue weighted by atomic mass is 9.87. The Morgan fingerprint density at radius 1 is 0.911 bits per heavy atom. The smallest absolute Gasteiger partial charge is 0.254 e. The SMILES string of the molecule is NCCN1CCN(C/C=C/C(=O)N2CCC(C3CCNc4c(C(N)=O)c(-c5ccc(Oc6ccccc6)cc5)nn43)CC2)CC1. The highest BCUT2D eigenvalue weighted by Crippen LogP contribution is 2.40. The van der Waals surface area contributed by atoms with Crippen LogP contribution in [0.2, 0.25) is 0 Å². The zero-order valence-electron chi connectivity index (χ0n) is 25.8. The minimum Gasteiger partial charge on any atom is -0.457 e. The van der Waals surface area contributed by atoms with Gasteiger partial charge < -0.3 is 26.4 Å². The summed E-state index contributed by atoms with van der Waals surface area (Å²) in [6.45, 7) is 8.66. The normalized spacial score (nSPS) is 19.8. The largest absolute Gasteiger partial charge is 0.457 e. The van der Waals surface area contributed by atoms with Crippen LogP contribution in [0.1, 0.15) is 35.7 Å². The number of hydrogen-bond acceptors (Lipinski definition) is 8. The molecule has 11 nitrogen and oxygen atoms in total. The minimum atomic E-state index is -0.506. The van der Waals surface area contributed by atoms with Crippen LogP contribution in [-0.4, -0.2) is 102 Å². The lowest BCUT2D eigenvalue weighted by Gasteiger charge is -2.38. The Labute approximate surface area is 264 Å². The molecule has 4 heterocycles. The summed E-state index contributed by atoms with van der Waals surface area (Å²) in [6, 6.07) is 17.3. The molecule has 1 unspecified atom stereocenters. The van der Waals surface area contributed by atoms with Crippen molar-refractivity contribution in [3.63, 3.8) is 0 Å². The highest BCUT2D eigenvalue weighted by atomic mass is 16.5. The number of likely N-dealkylation sites (tertiary alicyclic amines) is 1. The molecule has 3 aliphatic rings. The summed E-state index contributed by atoms with van der Waals surface area (Å²) in [5, 5.41) is 8.36. The molecule has 5 N–H and O–H groups in total. The molecule has 6 rings (SSSR count). The predicted octanol–water partition coefficient (Wildman–Crippen LogP) is 3.17. The van der Waals surface area contributed by atoms with Gasteiger partial charge in [-0.25, -0.2) is 4.68 Å². The number of nitrogens with one attached hydrogen (secondary N) is 1. The summed E-state index contributed by atoms with van der Waals surface area (Å²) in [6.07, 6.45) is 6.42. The number of amides is 2. The van der Waals surface area contributed by atoms with Crippen LogP contribution in [0, 0.1) is 5.92 Å². The number of nitrogens with two attached hydrogens (primary N) is 2. The van der Waals surface area contributed by atoms with Gasteiger partial charge in [-0.3, -0.25) is 19.4 Å². The molecule has 1 atom stereocenters. The standard InChI is InChI=1S/C34H44N8O3/c35-15-20-40-23-21-39(22-24-40)17-4-7-30(43)41-18-13-25(14-19-41)29-12-16-37-34-31(33(36)44)32(38-42(29)34)26-8-10-28(11-9-26)45-27-5-2-1-3-6-27/h1-11,25,29,37H,12-24,35H2,(H2,36,44)/b7-4+. The number of nitrogens with zero attached hydrogens (tertiary/aromatic N) is 5. The van der Waals surface area contributed by atoms with Gasteiger partial charge in [0.25, 0.3) is 5.91 Å². The van der Waals surface area contributed by atoms with E-state index < -0.39 is 5.91 Å². The molecule has 45 heavy (non-hydrogen) atoms. The van der Waals surface area contributed by atoms with Crippen molar-refractivity contribution in [2.24, 2.45) is 17.4 Å². The number of rotatable bonds is 10. The van der Waals surface area contributed by atoms with Gasteiger partial charge in [-0.1, -0.05) is 24.3 Å². The highest BCUT2D eigenvalue weighted by molar-refractivity contribution is 6.03. The summed E-state index contributed by atoms with van der Waals surface area (Å²) in [4.78, 5) is 32.4.